The Labute approximate surface area is 90.0 Å². The number of thiol groups is 1. The van der Waals surface area contributed by atoms with E-state index in [-0.39, 0.29) is 5.75 Å². The van der Waals surface area contributed by atoms with Crippen LogP contribution in [0, 0.1) is 13.8 Å². The third-order valence-electron chi connectivity index (χ3n) is 2.30. The lowest BCUT2D eigenvalue weighted by Crippen LogP contribution is -2.20. The molecule has 0 amide bonds. The molecule has 1 rings (SSSR count). The summed E-state index contributed by atoms with van der Waals surface area (Å²) in [5, 5.41) is 19.2. The molecule has 0 heterocycles. The van der Waals surface area contributed by atoms with E-state index in [1.54, 1.807) is 0 Å². The summed E-state index contributed by atoms with van der Waals surface area (Å²) < 4.78 is 0. The molecule has 0 saturated heterocycles. The zero-order valence-electron chi connectivity index (χ0n) is 8.44. The number of hydrogen-bond donors (Lipinski definition) is 3. The van der Waals surface area contributed by atoms with Crippen LogP contribution in [0.25, 0.3) is 0 Å². The SMILES string of the molecule is Cc1ccc(C(O)C(O)CS)c(C)c1. The van der Waals surface area contributed by atoms with Gasteiger partial charge in [0.15, 0.2) is 0 Å². The van der Waals surface area contributed by atoms with Crippen LogP contribution in [-0.4, -0.2) is 22.1 Å². The molecule has 0 fully saturated rings. The molecule has 1 aromatic carbocycles. The zero-order valence-corrected chi connectivity index (χ0v) is 9.33. The number of benzene rings is 1. The van der Waals surface area contributed by atoms with Crippen molar-refractivity contribution >= 4 is 12.6 Å². The fraction of sp³-hybridized carbons (Fsp3) is 0.455. The van der Waals surface area contributed by atoms with Crippen LogP contribution in [0.4, 0.5) is 0 Å². The van der Waals surface area contributed by atoms with Gasteiger partial charge in [-0.3, -0.25) is 0 Å². The van der Waals surface area contributed by atoms with Crippen LogP contribution < -0.4 is 0 Å². The highest BCUT2D eigenvalue weighted by Crippen LogP contribution is 2.22. The minimum atomic E-state index is -0.840. The van der Waals surface area contributed by atoms with Gasteiger partial charge in [0.1, 0.15) is 6.10 Å². The second-order valence-electron chi connectivity index (χ2n) is 3.55. The average Bonchev–Trinajstić information content (AvgIpc) is 2.15. The lowest BCUT2D eigenvalue weighted by Gasteiger charge is -2.18. The Hall–Kier alpha value is -0.510. The van der Waals surface area contributed by atoms with Gasteiger partial charge in [0.05, 0.1) is 6.10 Å². The molecule has 0 aliphatic carbocycles. The molecule has 0 saturated carbocycles. The molecule has 14 heavy (non-hydrogen) atoms. The minimum absolute atomic E-state index is 0.258. The molecule has 2 N–H and O–H groups in total. The van der Waals surface area contributed by atoms with Crippen LogP contribution in [0.5, 0.6) is 0 Å². The number of hydrogen-bond acceptors (Lipinski definition) is 3. The Bertz CT molecular complexity index is 312. The molecular weight excluding hydrogens is 196 g/mol. The molecule has 0 spiro atoms. The van der Waals surface area contributed by atoms with Crippen molar-refractivity contribution in [2.24, 2.45) is 0 Å². The highest BCUT2D eigenvalue weighted by molar-refractivity contribution is 7.80. The molecule has 78 valence electrons. The molecule has 3 heteroatoms. The van der Waals surface area contributed by atoms with Gasteiger partial charge >= 0.3 is 0 Å². The first kappa shape index (κ1) is 11.6. The fourth-order valence-corrected chi connectivity index (χ4v) is 1.66. The normalized spacial score (nSPS) is 15.2. The van der Waals surface area contributed by atoms with Crippen LogP contribution in [0.2, 0.25) is 0 Å². The predicted octanol–water partition coefficient (Wildman–Crippen LogP) is 1.63. The molecular formula is C11H16O2S. The number of rotatable bonds is 3. The van der Waals surface area contributed by atoms with Crippen molar-refractivity contribution in [2.45, 2.75) is 26.1 Å². The summed E-state index contributed by atoms with van der Waals surface area (Å²) in [6, 6.07) is 5.77. The second kappa shape index (κ2) is 4.82. The van der Waals surface area contributed by atoms with Crippen molar-refractivity contribution in [1.29, 1.82) is 0 Å². The largest absolute Gasteiger partial charge is 0.389 e. The van der Waals surface area contributed by atoms with Crippen molar-refractivity contribution in [2.75, 3.05) is 5.75 Å². The molecule has 2 atom stereocenters. The molecule has 0 radical (unpaired) electrons. The van der Waals surface area contributed by atoms with E-state index < -0.39 is 12.2 Å². The van der Waals surface area contributed by atoms with E-state index in [1.165, 1.54) is 0 Å². The highest BCUT2D eigenvalue weighted by atomic mass is 32.1. The van der Waals surface area contributed by atoms with Gasteiger partial charge < -0.3 is 10.2 Å². The third kappa shape index (κ3) is 2.50. The second-order valence-corrected chi connectivity index (χ2v) is 3.92. The zero-order chi connectivity index (χ0) is 10.7. The Balaban J connectivity index is 2.95. The topological polar surface area (TPSA) is 40.5 Å². The van der Waals surface area contributed by atoms with E-state index in [0.29, 0.717) is 0 Å². The summed E-state index contributed by atoms with van der Waals surface area (Å²) in [6.07, 6.45) is -1.65. The molecule has 0 aliphatic rings. The van der Waals surface area contributed by atoms with Crippen LogP contribution in [0.15, 0.2) is 18.2 Å². The smallest absolute Gasteiger partial charge is 0.106 e. The first-order valence-corrected chi connectivity index (χ1v) is 5.23. The highest BCUT2D eigenvalue weighted by Gasteiger charge is 2.18. The lowest BCUT2D eigenvalue weighted by atomic mass is 9.98. The Morgan fingerprint density at radius 1 is 1.29 bits per heavy atom. The van der Waals surface area contributed by atoms with Gasteiger partial charge in [-0.2, -0.15) is 12.6 Å². The van der Waals surface area contributed by atoms with E-state index in [9.17, 15) is 10.2 Å². The van der Waals surface area contributed by atoms with Gasteiger partial charge in [-0.05, 0) is 25.0 Å². The van der Waals surface area contributed by atoms with E-state index in [4.69, 9.17) is 0 Å². The van der Waals surface area contributed by atoms with E-state index in [0.717, 1.165) is 16.7 Å². The van der Waals surface area contributed by atoms with Gasteiger partial charge in [-0.1, -0.05) is 23.8 Å². The van der Waals surface area contributed by atoms with Gasteiger partial charge in [-0.25, -0.2) is 0 Å². The van der Waals surface area contributed by atoms with E-state index >= 15 is 0 Å². The minimum Gasteiger partial charge on any atom is -0.389 e. The maximum absolute atomic E-state index is 9.76. The standard InChI is InChI=1S/C11H16O2S/c1-7-3-4-9(8(2)5-7)11(13)10(12)6-14/h3-5,10-14H,6H2,1-2H3. The summed E-state index contributed by atoms with van der Waals surface area (Å²) in [5.74, 6) is 0.258. The molecule has 2 nitrogen and oxygen atoms in total. The average molecular weight is 212 g/mol. The third-order valence-corrected chi connectivity index (χ3v) is 2.67. The van der Waals surface area contributed by atoms with Crippen molar-refractivity contribution in [3.05, 3.63) is 34.9 Å². The first-order chi connectivity index (χ1) is 6.56. The van der Waals surface area contributed by atoms with Gasteiger partial charge in [0.2, 0.25) is 0 Å². The van der Waals surface area contributed by atoms with Crippen LogP contribution in [0.1, 0.15) is 22.8 Å². The first-order valence-electron chi connectivity index (χ1n) is 4.60. The van der Waals surface area contributed by atoms with Gasteiger partial charge in [0, 0.05) is 5.75 Å². The molecule has 0 aliphatic heterocycles. The predicted molar refractivity (Wildman–Crippen MR) is 60.7 cm³/mol. The summed E-state index contributed by atoms with van der Waals surface area (Å²) in [4.78, 5) is 0. The van der Waals surface area contributed by atoms with E-state index in [2.05, 4.69) is 12.6 Å². The number of aliphatic hydroxyl groups excluding tert-OH is 2. The molecule has 0 aromatic heterocycles. The quantitative estimate of drug-likeness (QED) is 0.666. The van der Waals surface area contributed by atoms with Gasteiger partial charge in [-0.15, -0.1) is 0 Å². The molecule has 2 unspecified atom stereocenters. The van der Waals surface area contributed by atoms with E-state index in [1.807, 2.05) is 32.0 Å². The molecule has 1 aromatic rings. The molecule has 0 bridgehead atoms. The van der Waals surface area contributed by atoms with Crippen molar-refractivity contribution in [3.63, 3.8) is 0 Å². The Morgan fingerprint density at radius 3 is 2.43 bits per heavy atom. The fourth-order valence-electron chi connectivity index (χ4n) is 1.46. The number of aryl methyl sites for hydroxylation is 2. The number of aliphatic hydroxyl groups is 2. The maximum atomic E-state index is 9.76. The Morgan fingerprint density at radius 2 is 1.93 bits per heavy atom. The summed E-state index contributed by atoms with van der Waals surface area (Å²) in [7, 11) is 0. The van der Waals surface area contributed by atoms with Crippen molar-refractivity contribution < 1.29 is 10.2 Å². The summed E-state index contributed by atoms with van der Waals surface area (Å²) in [6.45, 7) is 3.93. The summed E-state index contributed by atoms with van der Waals surface area (Å²) >= 11 is 3.95. The van der Waals surface area contributed by atoms with Crippen LogP contribution in [0.3, 0.4) is 0 Å². The van der Waals surface area contributed by atoms with Crippen LogP contribution >= 0.6 is 12.6 Å². The van der Waals surface area contributed by atoms with Crippen LogP contribution in [-0.2, 0) is 0 Å². The Kier molecular flexibility index (Phi) is 3.98. The van der Waals surface area contributed by atoms with Crippen molar-refractivity contribution in [3.8, 4) is 0 Å². The van der Waals surface area contributed by atoms with Crippen molar-refractivity contribution in [1.82, 2.24) is 0 Å². The maximum Gasteiger partial charge on any atom is 0.106 e. The lowest BCUT2D eigenvalue weighted by molar-refractivity contribution is 0.0333. The summed E-state index contributed by atoms with van der Waals surface area (Å²) in [5.41, 5.74) is 2.93. The monoisotopic (exact) mass is 212 g/mol. The van der Waals surface area contributed by atoms with Gasteiger partial charge in [0.25, 0.3) is 0 Å².